The van der Waals surface area contributed by atoms with Crippen molar-refractivity contribution in [1.82, 2.24) is 5.43 Å². The summed E-state index contributed by atoms with van der Waals surface area (Å²) in [5, 5.41) is 3.89. The smallest absolute Gasteiger partial charge is 0.119 e. The highest BCUT2D eigenvalue weighted by atomic mass is 15.3. The third kappa shape index (κ3) is 4.65. The minimum Gasteiger partial charge on any atom is -0.386 e. The largest absolute Gasteiger partial charge is 0.386 e. The van der Waals surface area contributed by atoms with Crippen molar-refractivity contribution in [2.24, 2.45) is 22.7 Å². The van der Waals surface area contributed by atoms with Gasteiger partial charge in [0.1, 0.15) is 5.84 Å². The minimum atomic E-state index is 0.604. The van der Waals surface area contributed by atoms with Crippen LogP contribution in [0.4, 0.5) is 0 Å². The topological polar surface area (TPSA) is 50.4 Å². The summed E-state index contributed by atoms with van der Waals surface area (Å²) in [7, 11) is 1.76. The molecule has 0 aliphatic rings. The first-order valence-electron chi connectivity index (χ1n) is 4.06. The summed E-state index contributed by atoms with van der Waals surface area (Å²) in [5.41, 5.74) is 8.29. The maximum atomic E-state index is 5.61. The molecule has 1 atom stereocenters. The highest BCUT2D eigenvalue weighted by molar-refractivity contribution is 5.80. The lowest BCUT2D eigenvalue weighted by Gasteiger charge is -2.14. The van der Waals surface area contributed by atoms with Crippen LogP contribution in [0, 0.1) is 11.8 Å². The van der Waals surface area contributed by atoms with Crippen LogP contribution in [0.3, 0.4) is 0 Å². The molecule has 0 amide bonds. The second kappa shape index (κ2) is 4.99. The molecule has 0 heterocycles. The first-order valence-corrected chi connectivity index (χ1v) is 4.06. The van der Waals surface area contributed by atoms with Gasteiger partial charge < -0.3 is 11.2 Å². The Morgan fingerprint density at radius 1 is 1.45 bits per heavy atom. The van der Waals surface area contributed by atoms with Gasteiger partial charge in [-0.05, 0) is 11.8 Å². The molecule has 0 aliphatic carbocycles. The van der Waals surface area contributed by atoms with E-state index in [1.807, 2.05) is 0 Å². The van der Waals surface area contributed by atoms with Gasteiger partial charge in [-0.2, -0.15) is 5.10 Å². The second-order valence-corrected chi connectivity index (χ2v) is 3.25. The van der Waals surface area contributed by atoms with Crippen LogP contribution in [-0.2, 0) is 0 Å². The Morgan fingerprint density at radius 2 is 2.00 bits per heavy atom. The summed E-state index contributed by atoms with van der Waals surface area (Å²) in [5.74, 6) is 1.96. The molecular weight excluding hydrogens is 138 g/mol. The van der Waals surface area contributed by atoms with Crippen LogP contribution in [0.15, 0.2) is 5.10 Å². The number of amidine groups is 1. The Morgan fingerprint density at radius 3 is 2.36 bits per heavy atom. The van der Waals surface area contributed by atoms with E-state index in [1.54, 1.807) is 7.05 Å². The van der Waals surface area contributed by atoms with Crippen molar-refractivity contribution in [3.05, 3.63) is 0 Å². The summed E-state index contributed by atoms with van der Waals surface area (Å²) in [6.07, 6.45) is 0.874. The Bertz CT molecular complexity index is 129. The van der Waals surface area contributed by atoms with Crippen LogP contribution in [0.25, 0.3) is 0 Å². The van der Waals surface area contributed by atoms with Crippen LogP contribution in [0.5, 0.6) is 0 Å². The molecule has 0 saturated heterocycles. The lowest BCUT2D eigenvalue weighted by atomic mass is 9.94. The van der Waals surface area contributed by atoms with Crippen molar-refractivity contribution < 1.29 is 0 Å². The Balaban J connectivity index is 3.75. The van der Waals surface area contributed by atoms with E-state index in [0.717, 1.165) is 6.42 Å². The molecule has 3 N–H and O–H groups in total. The molecule has 0 spiro atoms. The first kappa shape index (κ1) is 10.3. The van der Waals surface area contributed by atoms with Crippen molar-refractivity contribution in [2.75, 3.05) is 7.05 Å². The van der Waals surface area contributed by atoms with Gasteiger partial charge in [-0.1, -0.05) is 20.8 Å². The summed E-state index contributed by atoms with van der Waals surface area (Å²) in [6.45, 7) is 6.57. The predicted molar refractivity (Wildman–Crippen MR) is 49.3 cm³/mol. The van der Waals surface area contributed by atoms with Crippen LogP contribution in [0.2, 0.25) is 0 Å². The molecule has 3 heteroatoms. The van der Waals surface area contributed by atoms with Gasteiger partial charge in [0.25, 0.3) is 0 Å². The summed E-state index contributed by atoms with van der Waals surface area (Å²) < 4.78 is 0. The highest BCUT2D eigenvalue weighted by Gasteiger charge is 2.08. The molecule has 0 rings (SSSR count). The van der Waals surface area contributed by atoms with Crippen LogP contribution in [0.1, 0.15) is 27.2 Å². The Hall–Kier alpha value is -0.730. The molecule has 0 aromatic heterocycles. The zero-order chi connectivity index (χ0) is 8.85. The molecule has 0 saturated carbocycles. The third-order valence-electron chi connectivity index (χ3n) is 1.92. The van der Waals surface area contributed by atoms with Crippen molar-refractivity contribution in [1.29, 1.82) is 0 Å². The Kier molecular flexibility index (Phi) is 4.66. The van der Waals surface area contributed by atoms with Gasteiger partial charge in [-0.3, -0.25) is 0 Å². The third-order valence-corrected chi connectivity index (χ3v) is 1.92. The van der Waals surface area contributed by atoms with E-state index in [-0.39, 0.29) is 0 Å². The van der Waals surface area contributed by atoms with Crippen LogP contribution >= 0.6 is 0 Å². The molecular formula is C8H19N3. The average Bonchev–Trinajstić information content (AvgIpc) is 1.87. The monoisotopic (exact) mass is 157 g/mol. The van der Waals surface area contributed by atoms with E-state index in [2.05, 4.69) is 31.3 Å². The average molecular weight is 157 g/mol. The van der Waals surface area contributed by atoms with Crippen molar-refractivity contribution in [2.45, 2.75) is 27.2 Å². The van der Waals surface area contributed by atoms with Gasteiger partial charge >= 0.3 is 0 Å². The molecule has 0 aromatic carbocycles. The van der Waals surface area contributed by atoms with Gasteiger partial charge in [-0.15, -0.1) is 0 Å². The summed E-state index contributed by atoms with van der Waals surface area (Å²) in [6, 6.07) is 0. The molecule has 66 valence electrons. The normalized spacial score (nSPS) is 15.2. The molecule has 0 aliphatic heterocycles. The Labute approximate surface area is 69.0 Å². The summed E-state index contributed by atoms with van der Waals surface area (Å²) >= 11 is 0. The predicted octanol–water partition coefficient (Wildman–Crippen LogP) is 1.16. The van der Waals surface area contributed by atoms with Crippen LogP contribution < -0.4 is 11.2 Å². The SMILES string of the molecule is CN/N=C(/N)CC(C)C(C)C. The van der Waals surface area contributed by atoms with E-state index >= 15 is 0 Å². The highest BCUT2D eigenvalue weighted by Crippen LogP contribution is 2.12. The molecule has 3 nitrogen and oxygen atoms in total. The lowest BCUT2D eigenvalue weighted by molar-refractivity contribution is 0.431. The standard InChI is InChI=1S/C8H19N3/c1-6(2)7(3)5-8(9)11-10-4/h6-7,10H,5H2,1-4H3,(H2,9,11). The molecule has 11 heavy (non-hydrogen) atoms. The van der Waals surface area contributed by atoms with Gasteiger partial charge in [0, 0.05) is 13.5 Å². The number of hydrazone groups is 1. The first-order chi connectivity index (χ1) is 5.07. The summed E-state index contributed by atoms with van der Waals surface area (Å²) in [4.78, 5) is 0. The molecule has 0 fully saturated rings. The van der Waals surface area contributed by atoms with Crippen molar-refractivity contribution in [3.8, 4) is 0 Å². The fourth-order valence-corrected chi connectivity index (χ4v) is 0.755. The van der Waals surface area contributed by atoms with E-state index in [0.29, 0.717) is 17.7 Å². The molecule has 0 aromatic rings. The lowest BCUT2D eigenvalue weighted by Crippen LogP contribution is -2.20. The number of nitrogens with zero attached hydrogens (tertiary/aromatic N) is 1. The van der Waals surface area contributed by atoms with E-state index in [1.165, 1.54) is 0 Å². The van der Waals surface area contributed by atoms with Crippen LogP contribution in [-0.4, -0.2) is 12.9 Å². The quantitative estimate of drug-likeness (QED) is 0.365. The van der Waals surface area contributed by atoms with E-state index in [9.17, 15) is 0 Å². The van der Waals surface area contributed by atoms with Gasteiger partial charge in [-0.25, -0.2) is 0 Å². The fourth-order valence-electron chi connectivity index (χ4n) is 0.755. The van der Waals surface area contributed by atoms with Crippen molar-refractivity contribution >= 4 is 5.84 Å². The zero-order valence-corrected chi connectivity index (χ0v) is 7.89. The van der Waals surface area contributed by atoms with E-state index < -0.39 is 0 Å². The second-order valence-electron chi connectivity index (χ2n) is 3.25. The number of rotatable bonds is 4. The number of nitrogens with two attached hydrogens (primary N) is 1. The number of nitrogens with one attached hydrogen (secondary N) is 1. The van der Waals surface area contributed by atoms with Crippen molar-refractivity contribution in [3.63, 3.8) is 0 Å². The molecule has 0 radical (unpaired) electrons. The number of hydrogen-bond donors (Lipinski definition) is 2. The van der Waals surface area contributed by atoms with Gasteiger partial charge in [0.05, 0.1) is 0 Å². The fraction of sp³-hybridized carbons (Fsp3) is 0.875. The maximum Gasteiger partial charge on any atom is 0.119 e. The minimum absolute atomic E-state index is 0.604. The number of hydrogen-bond acceptors (Lipinski definition) is 2. The van der Waals surface area contributed by atoms with Gasteiger partial charge in [0.2, 0.25) is 0 Å². The van der Waals surface area contributed by atoms with E-state index in [4.69, 9.17) is 5.73 Å². The van der Waals surface area contributed by atoms with Gasteiger partial charge in [0.15, 0.2) is 0 Å². The maximum absolute atomic E-state index is 5.61. The zero-order valence-electron chi connectivity index (χ0n) is 7.89. The molecule has 1 unspecified atom stereocenters. The molecule has 0 bridgehead atoms.